The zero-order valence-corrected chi connectivity index (χ0v) is 11.2. The Morgan fingerprint density at radius 3 is 2.29 bits per heavy atom. The molecule has 0 N–H and O–H groups in total. The Hall–Kier alpha value is -1.42. The molecule has 0 heterocycles. The molecule has 3 nitrogen and oxygen atoms in total. The van der Waals surface area contributed by atoms with E-state index in [0.29, 0.717) is 5.56 Å². The lowest BCUT2D eigenvalue weighted by atomic mass is 10.1. The largest absolute Gasteiger partial charge is 0.460 e. The number of ether oxygens (including phenoxy) is 1. The topological polar surface area (TPSA) is 43.4 Å². The fourth-order valence-electron chi connectivity index (χ4n) is 1.13. The smallest absolute Gasteiger partial charge is 0.331 e. The average molecular weight is 297 g/mol. The molecule has 0 aliphatic rings. The summed E-state index contributed by atoms with van der Waals surface area (Å²) in [7, 11) is 0. The van der Waals surface area contributed by atoms with Crippen molar-refractivity contribution in [3.8, 4) is 0 Å². The van der Waals surface area contributed by atoms with Gasteiger partial charge in [-0.2, -0.15) is 0 Å². The van der Waals surface area contributed by atoms with E-state index < -0.39 is 5.97 Å². The summed E-state index contributed by atoms with van der Waals surface area (Å²) in [6, 6.07) is 6.91. The van der Waals surface area contributed by atoms with E-state index in [-0.39, 0.29) is 11.9 Å². The second-order valence-electron chi connectivity index (χ2n) is 3.69. The number of hydrogen-bond donors (Lipinski definition) is 0. The summed E-state index contributed by atoms with van der Waals surface area (Å²) >= 11 is 3.28. The summed E-state index contributed by atoms with van der Waals surface area (Å²) in [6.45, 7) is 3.50. The van der Waals surface area contributed by atoms with Crippen molar-refractivity contribution in [2.75, 3.05) is 0 Å². The van der Waals surface area contributed by atoms with Gasteiger partial charge in [0, 0.05) is 16.1 Å². The first-order valence-corrected chi connectivity index (χ1v) is 5.97. The first-order chi connectivity index (χ1) is 7.99. The zero-order chi connectivity index (χ0) is 12.8. The van der Waals surface area contributed by atoms with Crippen LogP contribution < -0.4 is 0 Å². The van der Waals surface area contributed by atoms with Crippen LogP contribution in [0, 0.1) is 0 Å². The number of halogens is 1. The Kier molecular flexibility index (Phi) is 5.10. The van der Waals surface area contributed by atoms with Gasteiger partial charge in [0.25, 0.3) is 0 Å². The summed E-state index contributed by atoms with van der Waals surface area (Å²) in [6.07, 6.45) is 2.17. The number of hydrogen-bond acceptors (Lipinski definition) is 3. The Labute approximate surface area is 109 Å². The zero-order valence-electron chi connectivity index (χ0n) is 9.64. The molecule has 90 valence electrons. The van der Waals surface area contributed by atoms with Crippen LogP contribution in [0.3, 0.4) is 0 Å². The standard InChI is InChI=1S/C13H13BrO3/c1-9(2)17-13(16)8-7-12(15)10-3-5-11(14)6-4-10/h3-9H,1-2H3/b8-7+. The van der Waals surface area contributed by atoms with Crippen molar-refractivity contribution in [3.63, 3.8) is 0 Å². The molecule has 4 heteroatoms. The van der Waals surface area contributed by atoms with Crippen LogP contribution in [0.15, 0.2) is 40.9 Å². The first-order valence-electron chi connectivity index (χ1n) is 5.17. The predicted octanol–water partition coefficient (Wildman–Crippen LogP) is 3.14. The third-order valence-electron chi connectivity index (χ3n) is 1.85. The molecular formula is C13H13BrO3. The molecule has 0 bridgehead atoms. The molecule has 0 radical (unpaired) electrons. The number of carbonyl (C=O) groups excluding carboxylic acids is 2. The predicted molar refractivity (Wildman–Crippen MR) is 68.8 cm³/mol. The van der Waals surface area contributed by atoms with Crippen LogP contribution in [-0.2, 0) is 9.53 Å². The lowest BCUT2D eigenvalue weighted by Gasteiger charge is -2.03. The van der Waals surface area contributed by atoms with Crippen molar-refractivity contribution >= 4 is 27.7 Å². The number of carbonyl (C=O) groups is 2. The molecule has 1 aromatic rings. The van der Waals surface area contributed by atoms with Gasteiger partial charge in [0.2, 0.25) is 0 Å². The molecule has 0 fully saturated rings. The van der Waals surface area contributed by atoms with Gasteiger partial charge in [-0.1, -0.05) is 15.9 Å². The SMILES string of the molecule is CC(C)OC(=O)/C=C/C(=O)c1ccc(Br)cc1. The van der Waals surface area contributed by atoms with Crippen molar-refractivity contribution in [2.45, 2.75) is 20.0 Å². The average Bonchev–Trinajstić information content (AvgIpc) is 2.26. The highest BCUT2D eigenvalue weighted by molar-refractivity contribution is 9.10. The maximum absolute atomic E-state index is 11.6. The van der Waals surface area contributed by atoms with Crippen LogP contribution in [0.4, 0.5) is 0 Å². The maximum Gasteiger partial charge on any atom is 0.331 e. The van der Waals surface area contributed by atoms with E-state index in [9.17, 15) is 9.59 Å². The molecule has 0 unspecified atom stereocenters. The van der Waals surface area contributed by atoms with Gasteiger partial charge in [-0.3, -0.25) is 4.79 Å². The summed E-state index contributed by atoms with van der Waals surface area (Å²) < 4.78 is 5.77. The molecule has 0 aromatic heterocycles. The molecule has 0 aliphatic carbocycles. The number of allylic oxidation sites excluding steroid dienone is 1. The highest BCUT2D eigenvalue weighted by Crippen LogP contribution is 2.11. The Morgan fingerprint density at radius 1 is 1.18 bits per heavy atom. The second-order valence-corrected chi connectivity index (χ2v) is 4.61. The minimum Gasteiger partial charge on any atom is -0.460 e. The maximum atomic E-state index is 11.6. The van der Waals surface area contributed by atoms with Gasteiger partial charge in [0.15, 0.2) is 5.78 Å². The molecule has 0 saturated heterocycles. The molecule has 0 amide bonds. The van der Waals surface area contributed by atoms with Crippen LogP contribution in [0.25, 0.3) is 0 Å². The fourth-order valence-corrected chi connectivity index (χ4v) is 1.39. The van der Waals surface area contributed by atoms with Crippen LogP contribution in [0.1, 0.15) is 24.2 Å². The Morgan fingerprint density at radius 2 is 1.76 bits per heavy atom. The Bertz CT molecular complexity index is 432. The van der Waals surface area contributed by atoms with Gasteiger partial charge in [0.1, 0.15) is 0 Å². The van der Waals surface area contributed by atoms with Crippen LogP contribution in [0.2, 0.25) is 0 Å². The van der Waals surface area contributed by atoms with E-state index in [2.05, 4.69) is 15.9 Å². The molecule has 0 aliphatic heterocycles. The van der Waals surface area contributed by atoms with Crippen LogP contribution in [-0.4, -0.2) is 17.9 Å². The van der Waals surface area contributed by atoms with Gasteiger partial charge in [-0.25, -0.2) is 4.79 Å². The number of esters is 1. The molecule has 1 rings (SSSR count). The van der Waals surface area contributed by atoms with Crippen LogP contribution in [0.5, 0.6) is 0 Å². The van der Waals surface area contributed by atoms with E-state index in [0.717, 1.165) is 10.5 Å². The summed E-state index contributed by atoms with van der Waals surface area (Å²) in [5.41, 5.74) is 0.529. The van der Waals surface area contributed by atoms with E-state index >= 15 is 0 Å². The number of ketones is 1. The molecule has 17 heavy (non-hydrogen) atoms. The summed E-state index contributed by atoms with van der Waals surface area (Å²) in [4.78, 5) is 22.8. The van der Waals surface area contributed by atoms with Gasteiger partial charge < -0.3 is 4.74 Å². The van der Waals surface area contributed by atoms with Crippen molar-refractivity contribution in [3.05, 3.63) is 46.5 Å². The monoisotopic (exact) mass is 296 g/mol. The lowest BCUT2D eigenvalue weighted by Crippen LogP contribution is -2.09. The molecule has 0 spiro atoms. The Balaban J connectivity index is 2.63. The van der Waals surface area contributed by atoms with Crippen molar-refractivity contribution < 1.29 is 14.3 Å². The van der Waals surface area contributed by atoms with E-state index in [1.165, 1.54) is 6.08 Å². The third kappa shape index (κ3) is 4.95. The van der Waals surface area contributed by atoms with E-state index in [4.69, 9.17) is 4.74 Å². The highest BCUT2D eigenvalue weighted by atomic mass is 79.9. The van der Waals surface area contributed by atoms with Crippen molar-refractivity contribution in [1.29, 1.82) is 0 Å². The summed E-state index contributed by atoms with van der Waals surface area (Å²) in [5.74, 6) is -0.733. The molecule has 0 saturated carbocycles. The van der Waals surface area contributed by atoms with Crippen molar-refractivity contribution in [2.24, 2.45) is 0 Å². The van der Waals surface area contributed by atoms with Gasteiger partial charge >= 0.3 is 5.97 Å². The van der Waals surface area contributed by atoms with Gasteiger partial charge in [-0.15, -0.1) is 0 Å². The van der Waals surface area contributed by atoms with Gasteiger partial charge in [-0.05, 0) is 44.2 Å². The molecule has 0 atom stereocenters. The molecular weight excluding hydrogens is 284 g/mol. The lowest BCUT2D eigenvalue weighted by molar-refractivity contribution is -0.141. The minimum absolute atomic E-state index is 0.185. The van der Waals surface area contributed by atoms with Crippen LogP contribution >= 0.6 is 15.9 Å². The van der Waals surface area contributed by atoms with E-state index in [1.807, 2.05) is 0 Å². The minimum atomic E-state index is -0.509. The normalized spacial score (nSPS) is 10.8. The van der Waals surface area contributed by atoms with Crippen molar-refractivity contribution in [1.82, 2.24) is 0 Å². The number of rotatable bonds is 4. The number of benzene rings is 1. The van der Waals surface area contributed by atoms with Gasteiger partial charge in [0.05, 0.1) is 6.10 Å². The quantitative estimate of drug-likeness (QED) is 0.487. The molecule has 1 aromatic carbocycles. The van der Waals surface area contributed by atoms with E-state index in [1.54, 1.807) is 38.1 Å². The third-order valence-corrected chi connectivity index (χ3v) is 2.38. The second kappa shape index (κ2) is 6.35. The first kappa shape index (κ1) is 13.6. The summed E-state index contributed by atoms with van der Waals surface area (Å²) in [5, 5.41) is 0. The highest BCUT2D eigenvalue weighted by Gasteiger charge is 2.04. The fraction of sp³-hybridized carbons (Fsp3) is 0.231.